The van der Waals surface area contributed by atoms with Crippen molar-refractivity contribution >= 4 is 35.9 Å². The number of carbonyl (C=O) groups is 1. The Morgan fingerprint density at radius 1 is 1.35 bits per heavy atom. The van der Waals surface area contributed by atoms with Gasteiger partial charge in [0.05, 0.1) is 13.5 Å². The van der Waals surface area contributed by atoms with Gasteiger partial charge in [-0.1, -0.05) is 18.2 Å². The van der Waals surface area contributed by atoms with Crippen LogP contribution in [0.3, 0.4) is 0 Å². The lowest BCUT2D eigenvalue weighted by Crippen LogP contribution is -2.42. The number of methoxy groups -OCH3 is 1. The maximum atomic E-state index is 13.9. The number of nitrogens with zero attached hydrogens (tertiary/aromatic N) is 1. The summed E-state index contributed by atoms with van der Waals surface area (Å²) in [5, 5.41) is 6.26. The van der Waals surface area contributed by atoms with E-state index in [0.717, 1.165) is 18.4 Å². The van der Waals surface area contributed by atoms with Gasteiger partial charge in [-0.3, -0.25) is 9.79 Å². The zero-order valence-electron chi connectivity index (χ0n) is 13.4. The van der Waals surface area contributed by atoms with Crippen LogP contribution in [0.2, 0.25) is 0 Å². The summed E-state index contributed by atoms with van der Waals surface area (Å²) < 4.78 is 18.5. The Balaban J connectivity index is 0.00000264. The molecular weight excluding hydrogens is 412 g/mol. The predicted octanol–water partition coefficient (Wildman–Crippen LogP) is 2.20. The quantitative estimate of drug-likeness (QED) is 0.311. The van der Waals surface area contributed by atoms with E-state index in [2.05, 4.69) is 20.4 Å². The molecule has 1 fully saturated rings. The lowest BCUT2D eigenvalue weighted by atomic mass is 9.95. The predicted molar refractivity (Wildman–Crippen MR) is 98.7 cm³/mol. The van der Waals surface area contributed by atoms with Gasteiger partial charge in [0.2, 0.25) is 0 Å². The van der Waals surface area contributed by atoms with Crippen LogP contribution >= 0.6 is 24.0 Å². The average Bonchev–Trinajstić information content (AvgIpc) is 3.31. The van der Waals surface area contributed by atoms with Gasteiger partial charge in [0, 0.05) is 25.6 Å². The highest BCUT2D eigenvalue weighted by Gasteiger charge is 2.45. The van der Waals surface area contributed by atoms with E-state index in [1.807, 2.05) is 12.1 Å². The first-order valence-corrected chi connectivity index (χ1v) is 7.37. The summed E-state index contributed by atoms with van der Waals surface area (Å²) in [6.07, 6.45) is 2.19. The lowest BCUT2D eigenvalue weighted by molar-refractivity contribution is -0.140. The third-order valence-electron chi connectivity index (χ3n) is 3.97. The fourth-order valence-corrected chi connectivity index (χ4v) is 2.44. The van der Waals surface area contributed by atoms with E-state index in [1.54, 1.807) is 13.1 Å². The first kappa shape index (κ1) is 19.7. The number of hydrogen-bond donors (Lipinski definition) is 2. The van der Waals surface area contributed by atoms with Crippen molar-refractivity contribution in [3.8, 4) is 0 Å². The third kappa shape index (κ3) is 5.33. The van der Waals surface area contributed by atoms with Crippen LogP contribution in [0.25, 0.3) is 0 Å². The standard InChI is InChI=1S/C16H22FN3O2.HI/c1-18-15(19-10-7-14(21)22-2)20-11-16(8-9-16)12-5-3-4-6-13(12)17;/h3-6H,7-11H2,1-2H3,(H2,18,19,20);1H. The molecule has 0 aromatic heterocycles. The van der Waals surface area contributed by atoms with E-state index in [1.165, 1.54) is 13.2 Å². The minimum absolute atomic E-state index is 0. The summed E-state index contributed by atoms with van der Waals surface area (Å²) in [7, 11) is 3.02. The molecule has 0 saturated heterocycles. The molecule has 0 unspecified atom stereocenters. The number of halogens is 2. The zero-order chi connectivity index (χ0) is 16.0. The second kappa shape index (κ2) is 9.05. The molecule has 128 valence electrons. The van der Waals surface area contributed by atoms with E-state index < -0.39 is 0 Å². The first-order chi connectivity index (χ1) is 10.6. The number of ether oxygens (including phenoxy) is 1. The minimum Gasteiger partial charge on any atom is -0.469 e. The van der Waals surface area contributed by atoms with Crippen molar-refractivity contribution in [3.63, 3.8) is 0 Å². The average molecular weight is 435 g/mol. The summed E-state index contributed by atoms with van der Waals surface area (Å²) in [6, 6.07) is 6.91. The number of rotatable bonds is 6. The van der Waals surface area contributed by atoms with Gasteiger partial charge in [-0.2, -0.15) is 0 Å². The summed E-state index contributed by atoms with van der Waals surface area (Å²) in [5.74, 6) is 0.176. The van der Waals surface area contributed by atoms with Gasteiger partial charge in [-0.25, -0.2) is 4.39 Å². The van der Waals surface area contributed by atoms with E-state index >= 15 is 0 Å². The maximum absolute atomic E-state index is 13.9. The Hall–Kier alpha value is -1.38. The Morgan fingerprint density at radius 3 is 2.61 bits per heavy atom. The highest BCUT2D eigenvalue weighted by atomic mass is 127. The highest BCUT2D eigenvalue weighted by molar-refractivity contribution is 14.0. The first-order valence-electron chi connectivity index (χ1n) is 7.37. The fraction of sp³-hybridized carbons (Fsp3) is 0.500. The number of esters is 1. The van der Waals surface area contributed by atoms with Crippen LogP contribution in [0.1, 0.15) is 24.8 Å². The molecule has 1 saturated carbocycles. The molecule has 0 radical (unpaired) electrons. The Kier molecular flexibility index (Phi) is 7.74. The highest BCUT2D eigenvalue weighted by Crippen LogP contribution is 2.48. The molecule has 0 bridgehead atoms. The van der Waals surface area contributed by atoms with Crippen LogP contribution in [0.4, 0.5) is 4.39 Å². The van der Waals surface area contributed by atoms with Crippen LogP contribution in [0, 0.1) is 5.82 Å². The number of nitrogens with one attached hydrogen (secondary N) is 2. The van der Waals surface area contributed by atoms with Gasteiger partial charge in [0.25, 0.3) is 0 Å². The van der Waals surface area contributed by atoms with E-state index in [4.69, 9.17) is 0 Å². The van der Waals surface area contributed by atoms with Gasteiger partial charge in [0.1, 0.15) is 5.82 Å². The zero-order valence-corrected chi connectivity index (χ0v) is 15.7. The van der Waals surface area contributed by atoms with Gasteiger partial charge in [-0.15, -0.1) is 24.0 Å². The number of aliphatic imine (C=N–C) groups is 1. The molecule has 2 N–H and O–H groups in total. The van der Waals surface area contributed by atoms with Crippen molar-refractivity contribution in [2.45, 2.75) is 24.7 Å². The summed E-state index contributed by atoms with van der Waals surface area (Å²) in [6.45, 7) is 1.06. The summed E-state index contributed by atoms with van der Waals surface area (Å²) in [5.41, 5.74) is 0.609. The van der Waals surface area contributed by atoms with Crippen molar-refractivity contribution in [2.75, 3.05) is 27.2 Å². The molecule has 1 aromatic rings. The molecule has 0 amide bonds. The summed E-state index contributed by atoms with van der Waals surface area (Å²) in [4.78, 5) is 15.2. The molecule has 23 heavy (non-hydrogen) atoms. The second-order valence-electron chi connectivity index (χ2n) is 5.44. The third-order valence-corrected chi connectivity index (χ3v) is 3.97. The molecule has 2 rings (SSSR count). The Bertz CT molecular complexity index is 562. The minimum atomic E-state index is -0.270. The molecule has 7 heteroatoms. The number of guanidine groups is 1. The SMILES string of the molecule is CN=C(NCCC(=O)OC)NCC1(c2ccccc2F)CC1.I. The number of benzene rings is 1. The van der Waals surface area contributed by atoms with Crippen LogP contribution in [0.15, 0.2) is 29.3 Å². The Morgan fingerprint density at radius 2 is 2.04 bits per heavy atom. The van der Waals surface area contributed by atoms with Crippen molar-refractivity contribution in [1.29, 1.82) is 0 Å². The number of hydrogen-bond acceptors (Lipinski definition) is 3. The van der Waals surface area contributed by atoms with Crippen LogP contribution in [-0.4, -0.2) is 39.2 Å². The maximum Gasteiger partial charge on any atom is 0.307 e. The normalized spacial score (nSPS) is 15.3. The molecule has 1 aliphatic rings. The smallest absolute Gasteiger partial charge is 0.307 e. The molecular formula is C16H23FIN3O2. The largest absolute Gasteiger partial charge is 0.469 e. The van der Waals surface area contributed by atoms with Crippen molar-refractivity contribution < 1.29 is 13.9 Å². The van der Waals surface area contributed by atoms with E-state index in [9.17, 15) is 9.18 Å². The molecule has 1 aromatic carbocycles. The van der Waals surface area contributed by atoms with Crippen LogP contribution < -0.4 is 10.6 Å². The van der Waals surface area contributed by atoms with Crippen LogP contribution in [0.5, 0.6) is 0 Å². The molecule has 0 aliphatic heterocycles. The van der Waals surface area contributed by atoms with Crippen molar-refractivity contribution in [1.82, 2.24) is 10.6 Å². The topological polar surface area (TPSA) is 62.7 Å². The summed E-state index contributed by atoms with van der Waals surface area (Å²) >= 11 is 0. The van der Waals surface area contributed by atoms with Crippen molar-refractivity contribution in [3.05, 3.63) is 35.6 Å². The van der Waals surface area contributed by atoms with E-state index in [0.29, 0.717) is 19.0 Å². The van der Waals surface area contributed by atoms with Gasteiger partial charge in [0.15, 0.2) is 5.96 Å². The molecule has 0 heterocycles. The number of carbonyl (C=O) groups excluding carboxylic acids is 1. The molecule has 0 atom stereocenters. The van der Waals surface area contributed by atoms with Crippen molar-refractivity contribution in [2.24, 2.45) is 4.99 Å². The fourth-order valence-electron chi connectivity index (χ4n) is 2.44. The molecule has 1 aliphatic carbocycles. The van der Waals surface area contributed by atoms with E-state index in [-0.39, 0.29) is 47.6 Å². The van der Waals surface area contributed by atoms with Gasteiger partial charge < -0.3 is 15.4 Å². The molecule has 5 nitrogen and oxygen atoms in total. The Labute approximate surface area is 153 Å². The monoisotopic (exact) mass is 435 g/mol. The van der Waals surface area contributed by atoms with Gasteiger partial charge in [-0.05, 0) is 24.5 Å². The van der Waals surface area contributed by atoms with Crippen LogP contribution in [-0.2, 0) is 14.9 Å². The second-order valence-corrected chi connectivity index (χ2v) is 5.44. The molecule has 0 spiro atoms. The van der Waals surface area contributed by atoms with Gasteiger partial charge >= 0.3 is 5.97 Å². The lowest BCUT2D eigenvalue weighted by Gasteiger charge is -2.19.